The van der Waals surface area contributed by atoms with Crippen LogP contribution in [0, 0.1) is 17.6 Å². The number of piperidine rings is 1. The van der Waals surface area contributed by atoms with Crippen LogP contribution in [0.5, 0.6) is 0 Å². The van der Waals surface area contributed by atoms with E-state index in [0.29, 0.717) is 0 Å². The van der Waals surface area contributed by atoms with Crippen molar-refractivity contribution in [3.05, 3.63) is 71.3 Å². The lowest BCUT2D eigenvalue weighted by molar-refractivity contribution is -0.0328. The minimum absolute atomic E-state index is 0.167. The third-order valence-electron chi connectivity index (χ3n) is 5.44. The van der Waals surface area contributed by atoms with E-state index in [0.717, 1.165) is 50.0 Å². The van der Waals surface area contributed by atoms with E-state index >= 15 is 0 Å². The van der Waals surface area contributed by atoms with Gasteiger partial charge in [0.1, 0.15) is 11.6 Å². The van der Waals surface area contributed by atoms with E-state index in [1.165, 1.54) is 24.3 Å². The summed E-state index contributed by atoms with van der Waals surface area (Å²) in [5.41, 5.74) is 0.983. The highest BCUT2D eigenvalue weighted by Gasteiger charge is 2.35. The molecule has 1 saturated heterocycles. The van der Waals surface area contributed by atoms with Gasteiger partial charge in [-0.2, -0.15) is 0 Å². The minimum Gasteiger partial charge on any atom is -0.385 e. The molecule has 0 spiro atoms. The largest absolute Gasteiger partial charge is 0.385 e. The number of benzene rings is 2. The van der Waals surface area contributed by atoms with Crippen LogP contribution in [-0.4, -0.2) is 29.6 Å². The van der Waals surface area contributed by atoms with E-state index in [9.17, 15) is 13.9 Å². The number of hydrogen-bond donors (Lipinski definition) is 1. The molecule has 25 heavy (non-hydrogen) atoms. The topological polar surface area (TPSA) is 23.5 Å². The lowest BCUT2D eigenvalue weighted by Crippen LogP contribution is -2.42. The summed E-state index contributed by atoms with van der Waals surface area (Å²) in [6, 6.07) is 12.8. The number of aliphatic hydroxyl groups is 1. The average Bonchev–Trinajstić information content (AvgIpc) is 2.62. The van der Waals surface area contributed by atoms with Crippen molar-refractivity contribution in [2.45, 2.75) is 31.8 Å². The first-order valence-corrected chi connectivity index (χ1v) is 8.90. The van der Waals surface area contributed by atoms with Gasteiger partial charge in [0.2, 0.25) is 0 Å². The number of hydrogen-bond acceptors (Lipinski definition) is 2. The van der Waals surface area contributed by atoms with E-state index in [1.54, 1.807) is 12.1 Å². The Balaban J connectivity index is 1.52. The molecule has 4 heteroatoms. The summed E-state index contributed by atoms with van der Waals surface area (Å²) in [5, 5.41) is 10.9. The Labute approximate surface area is 148 Å². The van der Waals surface area contributed by atoms with E-state index in [4.69, 9.17) is 0 Å². The Kier molecular flexibility index (Phi) is 5.50. The van der Waals surface area contributed by atoms with E-state index in [1.807, 2.05) is 19.1 Å². The third-order valence-corrected chi connectivity index (χ3v) is 5.44. The highest BCUT2D eigenvalue weighted by atomic mass is 19.1. The third kappa shape index (κ3) is 4.44. The van der Waals surface area contributed by atoms with Gasteiger partial charge in [-0.25, -0.2) is 8.78 Å². The quantitative estimate of drug-likeness (QED) is 0.881. The SMILES string of the molecule is CC(O)(c1ccc(F)cc1)C1CCN(CCc2ccc(F)cc2)CC1. The van der Waals surface area contributed by atoms with Crippen LogP contribution < -0.4 is 0 Å². The summed E-state index contributed by atoms with van der Waals surface area (Å²) < 4.78 is 26.0. The fraction of sp³-hybridized carbons (Fsp3) is 0.429. The molecule has 0 radical (unpaired) electrons. The monoisotopic (exact) mass is 345 g/mol. The van der Waals surface area contributed by atoms with Gasteiger partial charge in [0.15, 0.2) is 0 Å². The van der Waals surface area contributed by atoms with Crippen molar-refractivity contribution < 1.29 is 13.9 Å². The fourth-order valence-electron chi connectivity index (χ4n) is 3.68. The van der Waals surface area contributed by atoms with Gasteiger partial charge in [0.05, 0.1) is 5.60 Å². The predicted octanol–water partition coefficient (Wildman–Crippen LogP) is 4.13. The van der Waals surface area contributed by atoms with Gasteiger partial charge in [0, 0.05) is 6.54 Å². The van der Waals surface area contributed by atoms with Crippen LogP contribution in [0.4, 0.5) is 8.78 Å². The predicted molar refractivity (Wildman–Crippen MR) is 95.2 cm³/mol. The van der Waals surface area contributed by atoms with Crippen molar-refractivity contribution in [2.24, 2.45) is 5.92 Å². The summed E-state index contributed by atoms with van der Waals surface area (Å²) in [6.45, 7) is 4.64. The van der Waals surface area contributed by atoms with Crippen molar-refractivity contribution >= 4 is 0 Å². The van der Waals surface area contributed by atoms with Crippen LogP contribution in [0.3, 0.4) is 0 Å². The molecule has 0 amide bonds. The minimum atomic E-state index is -0.934. The van der Waals surface area contributed by atoms with Gasteiger partial charge >= 0.3 is 0 Å². The van der Waals surface area contributed by atoms with Crippen molar-refractivity contribution in [2.75, 3.05) is 19.6 Å². The second-order valence-corrected chi connectivity index (χ2v) is 7.15. The summed E-state index contributed by atoms with van der Waals surface area (Å²) in [6.07, 6.45) is 2.72. The average molecular weight is 345 g/mol. The Morgan fingerprint density at radius 1 is 0.960 bits per heavy atom. The first-order chi connectivity index (χ1) is 11.9. The summed E-state index contributed by atoms with van der Waals surface area (Å²) in [5.74, 6) is -0.317. The molecule has 1 unspecified atom stereocenters. The first kappa shape index (κ1) is 18.0. The van der Waals surface area contributed by atoms with Gasteiger partial charge in [-0.05, 0) is 80.6 Å². The number of rotatable bonds is 5. The molecule has 0 aromatic heterocycles. The Morgan fingerprint density at radius 2 is 1.48 bits per heavy atom. The van der Waals surface area contributed by atoms with Crippen molar-refractivity contribution in [1.29, 1.82) is 0 Å². The van der Waals surface area contributed by atoms with Gasteiger partial charge in [0.25, 0.3) is 0 Å². The normalized spacial score (nSPS) is 18.9. The molecule has 134 valence electrons. The lowest BCUT2D eigenvalue weighted by atomic mass is 9.77. The van der Waals surface area contributed by atoms with Crippen LogP contribution >= 0.6 is 0 Å². The van der Waals surface area contributed by atoms with Gasteiger partial charge < -0.3 is 10.0 Å². The zero-order chi connectivity index (χ0) is 17.9. The molecule has 3 rings (SSSR count). The Hall–Kier alpha value is -1.78. The van der Waals surface area contributed by atoms with Crippen LogP contribution in [0.1, 0.15) is 30.9 Å². The zero-order valence-electron chi connectivity index (χ0n) is 14.6. The summed E-state index contributed by atoms with van der Waals surface area (Å²) >= 11 is 0. The van der Waals surface area contributed by atoms with E-state index in [-0.39, 0.29) is 17.6 Å². The van der Waals surface area contributed by atoms with Crippen LogP contribution in [0.15, 0.2) is 48.5 Å². The van der Waals surface area contributed by atoms with Crippen molar-refractivity contribution in [3.63, 3.8) is 0 Å². The number of nitrogens with zero attached hydrogens (tertiary/aromatic N) is 1. The molecule has 1 atom stereocenters. The van der Waals surface area contributed by atoms with Gasteiger partial charge in [-0.15, -0.1) is 0 Å². The standard InChI is InChI=1S/C21H25F2NO/c1-21(25,17-4-8-20(23)9-5-17)18-11-14-24(15-12-18)13-10-16-2-6-19(22)7-3-16/h2-9,18,25H,10-15H2,1H3. The molecule has 1 aliphatic rings. The molecule has 1 N–H and O–H groups in total. The van der Waals surface area contributed by atoms with Gasteiger partial charge in [-0.3, -0.25) is 0 Å². The molecule has 1 heterocycles. The van der Waals surface area contributed by atoms with Crippen molar-refractivity contribution in [3.8, 4) is 0 Å². The molecule has 0 bridgehead atoms. The molecule has 1 fully saturated rings. The summed E-state index contributed by atoms with van der Waals surface area (Å²) in [7, 11) is 0. The molecule has 0 saturated carbocycles. The second-order valence-electron chi connectivity index (χ2n) is 7.15. The Bertz CT molecular complexity index is 674. The smallest absolute Gasteiger partial charge is 0.123 e. The lowest BCUT2D eigenvalue weighted by Gasteiger charge is -2.40. The van der Waals surface area contributed by atoms with E-state index < -0.39 is 5.60 Å². The van der Waals surface area contributed by atoms with Gasteiger partial charge in [-0.1, -0.05) is 24.3 Å². The summed E-state index contributed by atoms with van der Waals surface area (Å²) in [4.78, 5) is 2.39. The Morgan fingerprint density at radius 3 is 2.04 bits per heavy atom. The highest BCUT2D eigenvalue weighted by molar-refractivity contribution is 5.23. The molecule has 0 aliphatic carbocycles. The fourth-order valence-corrected chi connectivity index (χ4v) is 3.68. The molecule has 2 aromatic rings. The first-order valence-electron chi connectivity index (χ1n) is 8.90. The van der Waals surface area contributed by atoms with Crippen LogP contribution in [0.2, 0.25) is 0 Å². The number of halogens is 2. The maximum absolute atomic E-state index is 13.1. The molecule has 2 nitrogen and oxygen atoms in total. The molecular weight excluding hydrogens is 320 g/mol. The zero-order valence-corrected chi connectivity index (χ0v) is 14.6. The van der Waals surface area contributed by atoms with Crippen LogP contribution in [0.25, 0.3) is 0 Å². The molecule has 2 aromatic carbocycles. The maximum Gasteiger partial charge on any atom is 0.123 e. The van der Waals surface area contributed by atoms with Crippen LogP contribution in [-0.2, 0) is 12.0 Å². The number of likely N-dealkylation sites (tertiary alicyclic amines) is 1. The highest BCUT2D eigenvalue weighted by Crippen LogP contribution is 2.36. The molecule has 1 aliphatic heterocycles. The second kappa shape index (κ2) is 7.63. The van der Waals surface area contributed by atoms with Crippen molar-refractivity contribution in [1.82, 2.24) is 4.90 Å². The molecular formula is C21H25F2NO. The maximum atomic E-state index is 13.1. The van der Waals surface area contributed by atoms with E-state index in [2.05, 4.69) is 4.90 Å².